The number of hydrogen-bond acceptors (Lipinski definition) is 4. The van der Waals surface area contributed by atoms with Crippen LogP contribution in [0, 0.1) is 19.9 Å². The van der Waals surface area contributed by atoms with Crippen LogP contribution in [0.4, 0.5) is 17.2 Å². The number of hydrogen-bond donors (Lipinski definition) is 1. The van der Waals surface area contributed by atoms with Crippen LogP contribution in [0.5, 0.6) is 5.75 Å². The molecule has 2 aliphatic carbocycles. The van der Waals surface area contributed by atoms with Gasteiger partial charge in [0.2, 0.25) is 0 Å². The predicted molar refractivity (Wildman–Crippen MR) is 235 cm³/mol. The second kappa shape index (κ2) is 14.5. The summed E-state index contributed by atoms with van der Waals surface area (Å²) in [6, 6.07) is 45.1. The number of phenols is 1. The second-order valence-corrected chi connectivity index (χ2v) is 17.6. The zero-order chi connectivity index (χ0) is 40.0. The molecule has 5 aromatic carbocycles. The normalized spacial score (nSPS) is 13.3. The summed E-state index contributed by atoms with van der Waals surface area (Å²) in [4.78, 5) is 12.6. The number of aryl methyl sites for hydroxylation is 2. The Morgan fingerprint density at radius 1 is 0.672 bits per heavy atom. The van der Waals surface area contributed by atoms with E-state index in [-0.39, 0.29) is 32.2 Å². The molecule has 2 aliphatic rings. The number of aromatic nitrogens is 2. The van der Waals surface area contributed by atoms with E-state index in [9.17, 15) is 5.11 Å². The molecule has 58 heavy (non-hydrogen) atoms. The number of aromatic hydroxyl groups is 1. The van der Waals surface area contributed by atoms with E-state index >= 15 is 0 Å². The van der Waals surface area contributed by atoms with Crippen LogP contribution in [0.2, 0.25) is 0 Å². The third-order valence-corrected chi connectivity index (χ3v) is 12.3. The van der Waals surface area contributed by atoms with E-state index in [0.29, 0.717) is 11.8 Å². The minimum absolute atomic E-state index is 0. The Morgan fingerprint density at radius 2 is 1.31 bits per heavy atom. The Hall–Kier alpha value is -5.31. The monoisotopic (exact) mass is 939 g/mol. The molecular weight excluding hydrogens is 890 g/mol. The summed E-state index contributed by atoms with van der Waals surface area (Å²) in [5.41, 5.74) is 18.0. The van der Waals surface area contributed by atoms with Gasteiger partial charge in [-0.3, -0.25) is 0 Å². The van der Waals surface area contributed by atoms with Crippen LogP contribution in [0.15, 0.2) is 121 Å². The topological polar surface area (TPSA) is 49.2 Å². The first-order valence-electron chi connectivity index (χ1n) is 20.3. The molecule has 0 aliphatic heterocycles. The van der Waals surface area contributed by atoms with E-state index in [1.807, 2.05) is 36.5 Å². The fraction of sp³-hybridized carbons (Fsp3) is 0.245. The molecule has 0 atom stereocenters. The van der Waals surface area contributed by atoms with Crippen molar-refractivity contribution in [1.29, 1.82) is 0 Å². The Bertz CT molecular complexity index is 2640. The maximum atomic E-state index is 12.0. The van der Waals surface area contributed by atoms with Gasteiger partial charge in [0, 0.05) is 32.8 Å². The summed E-state index contributed by atoms with van der Waals surface area (Å²) in [5.74, 6) is 1.71. The van der Waals surface area contributed by atoms with Crippen LogP contribution < -0.4 is 4.90 Å². The standard InChI is InChI=1S/C53H50N3O.Pt/c1-31(2)35-19-21-40-41-22-20-36(32(3)4)30-45(41)53(44(40)29-35)42-16-13-18-47(57)49(42)50-43(53)23-24-48(55-50)56(51-33(5)26-38(27-34(51)6)52(7,8)9)39-15-12-14-37(28-39)46-17-10-11-25-54-46;/h10-27,29-32,57H,1-9H3;/q-1;. The summed E-state index contributed by atoms with van der Waals surface area (Å²) in [7, 11) is 0. The van der Waals surface area contributed by atoms with Gasteiger partial charge in [0.15, 0.2) is 0 Å². The molecule has 2 heterocycles. The van der Waals surface area contributed by atoms with Gasteiger partial charge in [0.05, 0.1) is 16.8 Å². The number of benzene rings is 5. The fourth-order valence-electron chi connectivity index (χ4n) is 9.33. The van der Waals surface area contributed by atoms with Gasteiger partial charge in [0.25, 0.3) is 0 Å². The van der Waals surface area contributed by atoms with Crippen LogP contribution in [0.25, 0.3) is 33.6 Å². The van der Waals surface area contributed by atoms with Crippen LogP contribution in [0.3, 0.4) is 0 Å². The quantitative estimate of drug-likeness (QED) is 0.169. The van der Waals surface area contributed by atoms with Crippen molar-refractivity contribution in [2.75, 3.05) is 4.90 Å². The molecule has 0 radical (unpaired) electrons. The molecular formula is C53H50N3OPt-. The van der Waals surface area contributed by atoms with E-state index in [1.54, 1.807) is 0 Å². The smallest absolute Gasteiger partial charge is 0.136 e. The molecule has 4 nitrogen and oxygen atoms in total. The maximum Gasteiger partial charge on any atom is 0.136 e. The Labute approximate surface area is 358 Å². The summed E-state index contributed by atoms with van der Waals surface area (Å²) < 4.78 is 0. The summed E-state index contributed by atoms with van der Waals surface area (Å²) in [5, 5.41) is 12.0. The minimum Gasteiger partial charge on any atom is -0.507 e. The number of fused-ring (bicyclic) bond motifs is 10. The predicted octanol–water partition coefficient (Wildman–Crippen LogP) is 13.6. The van der Waals surface area contributed by atoms with Gasteiger partial charge in [-0.2, -0.15) is 0 Å². The van der Waals surface area contributed by atoms with Gasteiger partial charge in [-0.05, 0) is 122 Å². The van der Waals surface area contributed by atoms with Gasteiger partial charge in [-0.1, -0.05) is 127 Å². The van der Waals surface area contributed by atoms with Gasteiger partial charge in [-0.15, -0.1) is 29.8 Å². The van der Waals surface area contributed by atoms with Crippen molar-refractivity contribution in [3.8, 4) is 39.4 Å². The van der Waals surface area contributed by atoms with Crippen LogP contribution in [-0.4, -0.2) is 15.1 Å². The zero-order valence-electron chi connectivity index (χ0n) is 34.8. The summed E-state index contributed by atoms with van der Waals surface area (Å²) >= 11 is 0. The van der Waals surface area contributed by atoms with E-state index in [4.69, 9.17) is 4.98 Å². The largest absolute Gasteiger partial charge is 0.507 e. The van der Waals surface area contributed by atoms with Gasteiger partial charge < -0.3 is 15.0 Å². The molecule has 2 aromatic heterocycles. The molecule has 1 N–H and O–H groups in total. The number of rotatable bonds is 6. The SMILES string of the molecule is Cc1cc(C(C)(C)C)cc(C)c1N(c1[c-]c(-c2ccccn2)ccc1)c1ccc2c(n1)-c1c(O)cccc1C21c2cc(C(C)C)ccc2-c2ccc(C(C)C)cc21.[Pt]. The van der Waals surface area contributed by atoms with Crippen molar-refractivity contribution >= 4 is 17.2 Å². The van der Waals surface area contributed by atoms with Gasteiger partial charge >= 0.3 is 0 Å². The minimum atomic E-state index is -0.647. The van der Waals surface area contributed by atoms with Crippen molar-refractivity contribution in [3.05, 3.63) is 178 Å². The maximum absolute atomic E-state index is 12.0. The summed E-state index contributed by atoms with van der Waals surface area (Å²) in [6.45, 7) is 20.2. The van der Waals surface area contributed by atoms with Crippen LogP contribution in [-0.2, 0) is 31.9 Å². The van der Waals surface area contributed by atoms with E-state index in [0.717, 1.165) is 62.0 Å². The average molecular weight is 940 g/mol. The second-order valence-electron chi connectivity index (χ2n) is 17.6. The summed E-state index contributed by atoms with van der Waals surface area (Å²) in [6.07, 6.45) is 1.82. The molecule has 0 amide bonds. The Kier molecular flexibility index (Phi) is 9.88. The molecule has 5 heteroatoms. The first-order chi connectivity index (χ1) is 27.3. The first kappa shape index (κ1) is 39.5. The van der Waals surface area contributed by atoms with Crippen molar-refractivity contribution < 1.29 is 26.2 Å². The number of anilines is 3. The van der Waals surface area contributed by atoms with E-state index in [1.165, 1.54) is 38.9 Å². The van der Waals surface area contributed by atoms with E-state index in [2.05, 4.69) is 163 Å². The average Bonchev–Trinajstić information content (AvgIpc) is 3.66. The van der Waals surface area contributed by atoms with Crippen molar-refractivity contribution in [3.63, 3.8) is 0 Å². The Balaban J connectivity index is 0.00000469. The van der Waals surface area contributed by atoms with Crippen LogP contribution >= 0.6 is 0 Å². The van der Waals surface area contributed by atoms with Crippen LogP contribution in [0.1, 0.15) is 110 Å². The zero-order valence-corrected chi connectivity index (χ0v) is 37.1. The molecule has 0 fully saturated rings. The third kappa shape index (κ3) is 6.06. The van der Waals surface area contributed by atoms with Crippen molar-refractivity contribution in [2.24, 2.45) is 0 Å². The third-order valence-electron chi connectivity index (χ3n) is 12.3. The molecule has 0 saturated carbocycles. The number of phenolic OH excluding ortho intramolecular Hbond substituents is 1. The Morgan fingerprint density at radius 3 is 1.90 bits per heavy atom. The first-order valence-corrected chi connectivity index (χ1v) is 20.3. The molecule has 0 saturated heterocycles. The van der Waals surface area contributed by atoms with Crippen molar-refractivity contribution in [2.45, 2.75) is 85.0 Å². The number of nitrogens with zero attached hydrogens (tertiary/aromatic N) is 3. The number of pyridine rings is 2. The molecule has 9 rings (SSSR count). The molecule has 1 spiro atoms. The van der Waals surface area contributed by atoms with Gasteiger partial charge in [-0.25, -0.2) is 4.98 Å². The molecule has 0 bridgehead atoms. The fourth-order valence-corrected chi connectivity index (χ4v) is 9.33. The van der Waals surface area contributed by atoms with E-state index < -0.39 is 5.41 Å². The molecule has 7 aromatic rings. The van der Waals surface area contributed by atoms with Gasteiger partial charge in [0.1, 0.15) is 11.6 Å². The van der Waals surface area contributed by atoms with Crippen molar-refractivity contribution in [1.82, 2.24) is 9.97 Å². The molecule has 294 valence electrons. The molecule has 0 unspecified atom stereocenters.